The summed E-state index contributed by atoms with van der Waals surface area (Å²) in [4.78, 5) is 39.2. The van der Waals surface area contributed by atoms with Gasteiger partial charge in [0, 0.05) is 38.6 Å². The first-order chi connectivity index (χ1) is 18.0. The SMILES string of the molecule is Cc1occc1C(=O)N1CCC2(CCN(Cc3cccnc3)C2)CC1.O=C(O)C(F)(F)F.O=C(O)C(F)(F)F. The molecule has 216 valence electrons. The molecule has 1 spiro atoms. The second-order valence-electron chi connectivity index (χ2n) is 9.11. The van der Waals surface area contributed by atoms with Gasteiger partial charge in [-0.15, -0.1) is 0 Å². The smallest absolute Gasteiger partial charge is 0.475 e. The van der Waals surface area contributed by atoms with Crippen LogP contribution in [0.5, 0.6) is 0 Å². The van der Waals surface area contributed by atoms with Crippen LogP contribution in [-0.4, -0.2) is 81.4 Å². The number of aliphatic carboxylic acids is 2. The van der Waals surface area contributed by atoms with Gasteiger partial charge < -0.3 is 19.5 Å². The third-order valence-electron chi connectivity index (χ3n) is 6.33. The van der Waals surface area contributed by atoms with Gasteiger partial charge in [0.05, 0.1) is 11.8 Å². The molecule has 2 aliphatic rings. The highest BCUT2D eigenvalue weighted by Gasteiger charge is 2.42. The molecule has 2 aromatic rings. The van der Waals surface area contributed by atoms with Crippen molar-refractivity contribution in [3.8, 4) is 0 Å². The van der Waals surface area contributed by atoms with E-state index in [1.807, 2.05) is 30.3 Å². The molecule has 0 aromatic carbocycles. The van der Waals surface area contributed by atoms with Crippen molar-refractivity contribution in [3.63, 3.8) is 0 Å². The van der Waals surface area contributed by atoms with Crippen LogP contribution in [0.15, 0.2) is 41.3 Å². The van der Waals surface area contributed by atoms with Crippen LogP contribution in [0.25, 0.3) is 0 Å². The molecule has 2 N–H and O–H groups in total. The number of carboxylic acids is 2. The molecular weight excluding hydrogens is 540 g/mol. The van der Waals surface area contributed by atoms with Crippen LogP contribution in [0.3, 0.4) is 0 Å². The van der Waals surface area contributed by atoms with E-state index in [0.717, 1.165) is 45.6 Å². The number of furan rings is 1. The van der Waals surface area contributed by atoms with Crippen LogP contribution in [0.4, 0.5) is 26.3 Å². The maximum atomic E-state index is 12.6. The van der Waals surface area contributed by atoms with E-state index in [2.05, 4.69) is 16.0 Å². The molecule has 0 atom stereocenters. The summed E-state index contributed by atoms with van der Waals surface area (Å²) in [5.74, 6) is -4.68. The summed E-state index contributed by atoms with van der Waals surface area (Å²) in [7, 11) is 0. The summed E-state index contributed by atoms with van der Waals surface area (Å²) in [6, 6.07) is 5.93. The number of carbonyl (C=O) groups excluding carboxylic acids is 1. The fraction of sp³-hybridized carbons (Fsp3) is 0.500. The molecule has 0 saturated carbocycles. The Morgan fingerprint density at radius 2 is 1.51 bits per heavy atom. The van der Waals surface area contributed by atoms with Crippen LogP contribution >= 0.6 is 0 Å². The highest BCUT2D eigenvalue weighted by atomic mass is 19.4. The maximum Gasteiger partial charge on any atom is 0.490 e. The van der Waals surface area contributed by atoms with E-state index in [0.29, 0.717) is 16.7 Å². The first kappa shape index (κ1) is 31.6. The largest absolute Gasteiger partial charge is 0.490 e. The van der Waals surface area contributed by atoms with E-state index in [9.17, 15) is 31.1 Å². The molecule has 4 rings (SSSR count). The lowest BCUT2D eigenvalue weighted by Gasteiger charge is -2.39. The fourth-order valence-corrected chi connectivity index (χ4v) is 4.28. The Balaban J connectivity index is 0.000000317. The summed E-state index contributed by atoms with van der Waals surface area (Å²) in [5, 5.41) is 14.2. The van der Waals surface area contributed by atoms with Gasteiger partial charge in [0.25, 0.3) is 5.91 Å². The minimum atomic E-state index is -5.08. The summed E-state index contributed by atoms with van der Waals surface area (Å²) in [5.41, 5.74) is 2.37. The first-order valence-corrected chi connectivity index (χ1v) is 11.6. The lowest BCUT2D eigenvalue weighted by atomic mass is 9.77. The number of halogens is 6. The van der Waals surface area contributed by atoms with Gasteiger partial charge in [0.1, 0.15) is 5.76 Å². The third-order valence-corrected chi connectivity index (χ3v) is 6.33. The topological polar surface area (TPSA) is 124 Å². The molecule has 9 nitrogen and oxygen atoms in total. The number of alkyl halides is 6. The summed E-state index contributed by atoms with van der Waals surface area (Å²) in [6.07, 6.45) is -1.36. The Morgan fingerprint density at radius 1 is 0.974 bits per heavy atom. The Labute approximate surface area is 219 Å². The van der Waals surface area contributed by atoms with Gasteiger partial charge >= 0.3 is 24.3 Å². The van der Waals surface area contributed by atoms with Crippen LogP contribution < -0.4 is 0 Å². The van der Waals surface area contributed by atoms with Crippen molar-refractivity contribution < 1.29 is 55.4 Å². The molecule has 0 unspecified atom stereocenters. The molecule has 2 saturated heterocycles. The average Bonchev–Trinajstić information content (AvgIpc) is 3.45. The number of hydrogen-bond donors (Lipinski definition) is 2. The number of pyridine rings is 1. The summed E-state index contributed by atoms with van der Waals surface area (Å²) >= 11 is 0. The number of hydrogen-bond acceptors (Lipinski definition) is 6. The number of piperidine rings is 1. The van der Waals surface area contributed by atoms with Crippen molar-refractivity contribution in [2.75, 3.05) is 26.2 Å². The predicted molar refractivity (Wildman–Crippen MR) is 123 cm³/mol. The minimum Gasteiger partial charge on any atom is -0.475 e. The van der Waals surface area contributed by atoms with Crippen molar-refractivity contribution in [3.05, 3.63) is 53.7 Å². The summed E-state index contributed by atoms with van der Waals surface area (Å²) in [6.45, 7) is 6.81. The second kappa shape index (κ2) is 13.0. The van der Waals surface area contributed by atoms with Gasteiger partial charge in [0.15, 0.2) is 0 Å². The number of aromatic nitrogens is 1. The van der Waals surface area contributed by atoms with Gasteiger partial charge in [-0.3, -0.25) is 14.7 Å². The molecule has 4 heterocycles. The van der Waals surface area contributed by atoms with E-state index < -0.39 is 24.3 Å². The highest BCUT2D eigenvalue weighted by molar-refractivity contribution is 5.95. The van der Waals surface area contributed by atoms with E-state index in [-0.39, 0.29) is 5.91 Å². The molecular formula is C24H27F6N3O6. The molecule has 39 heavy (non-hydrogen) atoms. The lowest BCUT2D eigenvalue weighted by Crippen LogP contribution is -2.44. The number of carbonyl (C=O) groups is 3. The zero-order chi connectivity index (χ0) is 29.4. The number of nitrogens with zero attached hydrogens (tertiary/aromatic N) is 3. The molecule has 0 bridgehead atoms. The van der Waals surface area contributed by atoms with Gasteiger partial charge in [-0.1, -0.05) is 6.07 Å². The van der Waals surface area contributed by atoms with Gasteiger partial charge in [0.2, 0.25) is 0 Å². The Morgan fingerprint density at radius 3 is 1.95 bits per heavy atom. The van der Waals surface area contributed by atoms with E-state index >= 15 is 0 Å². The zero-order valence-corrected chi connectivity index (χ0v) is 20.8. The lowest BCUT2D eigenvalue weighted by molar-refractivity contribution is -0.193. The first-order valence-electron chi connectivity index (χ1n) is 11.6. The van der Waals surface area contributed by atoms with Gasteiger partial charge in [-0.05, 0) is 55.8 Å². The minimum absolute atomic E-state index is 0.117. The molecule has 15 heteroatoms. The highest BCUT2D eigenvalue weighted by Crippen LogP contribution is 2.41. The van der Waals surface area contributed by atoms with E-state index in [4.69, 9.17) is 24.2 Å². The van der Waals surface area contributed by atoms with Crippen LogP contribution in [0.1, 0.15) is 40.9 Å². The van der Waals surface area contributed by atoms with Crippen molar-refractivity contribution in [2.45, 2.75) is 45.1 Å². The monoisotopic (exact) mass is 567 g/mol. The van der Waals surface area contributed by atoms with Crippen LogP contribution in [0, 0.1) is 12.3 Å². The third kappa shape index (κ3) is 9.57. The predicted octanol–water partition coefficient (Wildman–Crippen LogP) is 4.38. The van der Waals surface area contributed by atoms with Crippen LogP contribution in [-0.2, 0) is 16.1 Å². The number of carboxylic acid groups (broad SMARTS) is 2. The maximum absolute atomic E-state index is 12.6. The number of amides is 1. The average molecular weight is 567 g/mol. The molecule has 2 fully saturated rings. The Bertz CT molecular complexity index is 1090. The Hall–Kier alpha value is -3.62. The van der Waals surface area contributed by atoms with Crippen LogP contribution in [0.2, 0.25) is 0 Å². The van der Waals surface area contributed by atoms with Crippen molar-refractivity contribution in [1.29, 1.82) is 0 Å². The Kier molecular flexibility index (Phi) is 10.5. The molecule has 1 amide bonds. The second-order valence-corrected chi connectivity index (χ2v) is 9.11. The fourth-order valence-electron chi connectivity index (χ4n) is 4.28. The van der Waals surface area contributed by atoms with Crippen molar-refractivity contribution in [2.24, 2.45) is 5.41 Å². The quantitative estimate of drug-likeness (QED) is 0.524. The van der Waals surface area contributed by atoms with Gasteiger partial charge in [-0.25, -0.2) is 9.59 Å². The van der Waals surface area contributed by atoms with E-state index in [1.165, 1.54) is 12.0 Å². The molecule has 0 aliphatic carbocycles. The zero-order valence-electron chi connectivity index (χ0n) is 20.8. The van der Waals surface area contributed by atoms with Crippen molar-refractivity contribution >= 4 is 17.8 Å². The molecule has 2 aliphatic heterocycles. The summed E-state index contributed by atoms with van der Waals surface area (Å²) < 4.78 is 68.8. The van der Waals surface area contributed by atoms with Gasteiger partial charge in [-0.2, -0.15) is 26.3 Å². The number of aryl methyl sites for hydroxylation is 1. The standard InChI is InChI=1S/C20H25N3O2.2C2HF3O2/c1-16-18(4-12-25-16)19(24)23-10-6-20(7-11-23)5-9-22(15-20)14-17-3-2-8-21-13-17;2*3-2(4,5)1(6)7/h2-4,8,12-13H,5-7,9-11,14-15H2,1H3;2*(H,6,7). The number of rotatable bonds is 3. The molecule has 2 aromatic heterocycles. The normalized spacial score (nSPS) is 17.1. The molecule has 0 radical (unpaired) electrons. The van der Waals surface area contributed by atoms with Crippen molar-refractivity contribution in [1.82, 2.24) is 14.8 Å². The van der Waals surface area contributed by atoms with E-state index in [1.54, 1.807) is 12.3 Å². The number of likely N-dealkylation sites (tertiary alicyclic amines) is 2.